The van der Waals surface area contributed by atoms with Crippen molar-refractivity contribution in [2.24, 2.45) is 17.8 Å². The summed E-state index contributed by atoms with van der Waals surface area (Å²) in [4.78, 5) is 0. The minimum atomic E-state index is -0.293. The second-order valence-electron chi connectivity index (χ2n) is 5.39. The van der Waals surface area contributed by atoms with Crippen LogP contribution in [0.4, 0.5) is 4.39 Å². The fourth-order valence-electron chi connectivity index (χ4n) is 3.55. The lowest BCUT2D eigenvalue weighted by Crippen LogP contribution is -2.16. The van der Waals surface area contributed by atoms with E-state index in [1.54, 1.807) is 0 Å². The van der Waals surface area contributed by atoms with Gasteiger partial charge in [-0.2, -0.15) is 0 Å². The van der Waals surface area contributed by atoms with Gasteiger partial charge in [-0.3, -0.25) is 0 Å². The smallest absolute Gasteiger partial charge is 0.124 e. The minimum Gasteiger partial charge on any atom is -0.392 e. The van der Waals surface area contributed by atoms with E-state index in [0.29, 0.717) is 12.3 Å². The monoisotopic (exact) mass is 298 g/mol. The Labute approximate surface area is 109 Å². The topological polar surface area (TPSA) is 20.2 Å². The average Bonchev–Trinajstić information content (AvgIpc) is 2.72. The zero-order valence-electron chi connectivity index (χ0n) is 9.57. The molecule has 1 nitrogen and oxygen atoms in total. The standard InChI is InChI=1S/C14H16BrFO/c15-9-4-8(5-10(16)7-9)6-13(17)14-11-2-1-3-12(11)14/h4-5,7,11-14,17H,1-3,6H2. The highest BCUT2D eigenvalue weighted by Crippen LogP contribution is 2.59. The summed E-state index contributed by atoms with van der Waals surface area (Å²) in [5.41, 5.74) is 0.884. The number of hydrogen-bond acceptors (Lipinski definition) is 1. The molecule has 0 aromatic heterocycles. The third-order valence-electron chi connectivity index (χ3n) is 4.28. The SMILES string of the molecule is OC(Cc1cc(F)cc(Br)c1)C1C2CCCC21. The van der Waals surface area contributed by atoms with Crippen LogP contribution in [0.1, 0.15) is 24.8 Å². The molecular formula is C14H16BrFO. The fourth-order valence-corrected chi connectivity index (χ4v) is 4.07. The molecule has 0 amide bonds. The molecule has 92 valence electrons. The Morgan fingerprint density at radius 1 is 1.29 bits per heavy atom. The molecule has 2 aliphatic rings. The van der Waals surface area contributed by atoms with Gasteiger partial charge in [0.2, 0.25) is 0 Å². The molecule has 3 atom stereocenters. The summed E-state index contributed by atoms with van der Waals surface area (Å²) >= 11 is 3.28. The van der Waals surface area contributed by atoms with Crippen molar-refractivity contribution in [3.63, 3.8) is 0 Å². The predicted octanol–water partition coefficient (Wildman–Crippen LogP) is 3.54. The molecule has 3 unspecified atom stereocenters. The summed E-state index contributed by atoms with van der Waals surface area (Å²) in [7, 11) is 0. The quantitative estimate of drug-likeness (QED) is 0.905. The average molecular weight is 299 g/mol. The van der Waals surface area contributed by atoms with Gasteiger partial charge in [0.1, 0.15) is 5.82 Å². The number of benzene rings is 1. The van der Waals surface area contributed by atoms with Crippen LogP contribution in [0, 0.1) is 23.6 Å². The Balaban J connectivity index is 1.66. The summed E-state index contributed by atoms with van der Waals surface area (Å²) in [5.74, 6) is 1.74. The normalized spacial score (nSPS) is 32.3. The van der Waals surface area contributed by atoms with Gasteiger partial charge >= 0.3 is 0 Å². The van der Waals surface area contributed by atoms with Gasteiger partial charge in [0.05, 0.1) is 6.10 Å². The number of fused-ring (bicyclic) bond motifs is 1. The largest absolute Gasteiger partial charge is 0.392 e. The van der Waals surface area contributed by atoms with Crippen molar-refractivity contribution in [3.8, 4) is 0 Å². The Morgan fingerprint density at radius 2 is 2.00 bits per heavy atom. The number of rotatable bonds is 3. The molecule has 17 heavy (non-hydrogen) atoms. The first-order valence-corrected chi connectivity index (χ1v) is 7.07. The Bertz CT molecular complexity index is 404. The molecule has 0 saturated heterocycles. The third-order valence-corrected chi connectivity index (χ3v) is 4.74. The van der Waals surface area contributed by atoms with E-state index in [1.165, 1.54) is 31.4 Å². The van der Waals surface area contributed by atoms with Crippen molar-refractivity contribution in [1.29, 1.82) is 0 Å². The van der Waals surface area contributed by atoms with Crippen molar-refractivity contribution < 1.29 is 9.50 Å². The first-order valence-electron chi connectivity index (χ1n) is 6.28. The summed E-state index contributed by atoms with van der Waals surface area (Å²) in [6.45, 7) is 0. The zero-order valence-corrected chi connectivity index (χ0v) is 11.2. The number of hydrogen-bond donors (Lipinski definition) is 1. The second kappa shape index (κ2) is 4.36. The molecule has 0 aliphatic heterocycles. The lowest BCUT2D eigenvalue weighted by Gasteiger charge is -2.13. The van der Waals surface area contributed by atoms with Crippen LogP contribution in [0.15, 0.2) is 22.7 Å². The van der Waals surface area contributed by atoms with Crippen LogP contribution < -0.4 is 0 Å². The Kier molecular flexibility index (Phi) is 2.99. The number of aliphatic hydroxyl groups excluding tert-OH is 1. The first-order chi connectivity index (χ1) is 8.15. The predicted molar refractivity (Wildman–Crippen MR) is 68.1 cm³/mol. The molecule has 1 aromatic rings. The van der Waals surface area contributed by atoms with E-state index in [-0.39, 0.29) is 11.9 Å². The minimum absolute atomic E-state index is 0.238. The first kappa shape index (κ1) is 11.7. The van der Waals surface area contributed by atoms with Gasteiger partial charge < -0.3 is 5.11 Å². The summed E-state index contributed by atoms with van der Waals surface area (Å²) < 4.78 is 14.0. The van der Waals surface area contributed by atoms with Crippen LogP contribution in [0.3, 0.4) is 0 Å². The maximum absolute atomic E-state index is 13.2. The Morgan fingerprint density at radius 3 is 2.65 bits per heavy atom. The van der Waals surface area contributed by atoms with Crippen LogP contribution in [0.25, 0.3) is 0 Å². The van der Waals surface area contributed by atoms with E-state index in [9.17, 15) is 9.50 Å². The van der Waals surface area contributed by atoms with E-state index in [1.807, 2.05) is 6.07 Å². The molecule has 0 radical (unpaired) electrons. The van der Waals surface area contributed by atoms with E-state index in [4.69, 9.17) is 0 Å². The molecule has 2 fully saturated rings. The van der Waals surface area contributed by atoms with Gasteiger partial charge in [-0.05, 0) is 60.8 Å². The molecule has 3 heteroatoms. The van der Waals surface area contributed by atoms with Gasteiger partial charge in [0.15, 0.2) is 0 Å². The van der Waals surface area contributed by atoms with E-state index >= 15 is 0 Å². The lowest BCUT2D eigenvalue weighted by atomic mass is 10.00. The van der Waals surface area contributed by atoms with Crippen molar-refractivity contribution in [2.45, 2.75) is 31.8 Å². The molecule has 2 saturated carbocycles. The van der Waals surface area contributed by atoms with Gasteiger partial charge in [-0.1, -0.05) is 22.4 Å². The van der Waals surface area contributed by atoms with Gasteiger partial charge in [-0.25, -0.2) is 4.39 Å². The van der Waals surface area contributed by atoms with Crippen LogP contribution in [0.2, 0.25) is 0 Å². The maximum atomic E-state index is 13.2. The maximum Gasteiger partial charge on any atom is 0.124 e. The van der Waals surface area contributed by atoms with E-state index in [0.717, 1.165) is 21.9 Å². The van der Waals surface area contributed by atoms with Crippen molar-refractivity contribution in [2.75, 3.05) is 0 Å². The fraction of sp³-hybridized carbons (Fsp3) is 0.571. The summed E-state index contributed by atoms with van der Waals surface area (Å²) in [6.07, 6.45) is 4.16. The van der Waals surface area contributed by atoms with Crippen LogP contribution in [-0.4, -0.2) is 11.2 Å². The third kappa shape index (κ3) is 2.27. The summed E-state index contributed by atoms with van der Waals surface area (Å²) in [5, 5.41) is 10.2. The molecule has 2 aliphatic carbocycles. The highest BCUT2D eigenvalue weighted by Gasteiger charge is 2.55. The van der Waals surface area contributed by atoms with Gasteiger partial charge in [0.25, 0.3) is 0 Å². The van der Waals surface area contributed by atoms with Crippen molar-refractivity contribution in [3.05, 3.63) is 34.1 Å². The number of halogens is 2. The van der Waals surface area contributed by atoms with Crippen LogP contribution in [-0.2, 0) is 6.42 Å². The van der Waals surface area contributed by atoms with Gasteiger partial charge in [-0.15, -0.1) is 0 Å². The molecule has 0 spiro atoms. The number of aliphatic hydroxyl groups is 1. The van der Waals surface area contributed by atoms with Crippen molar-refractivity contribution >= 4 is 15.9 Å². The van der Waals surface area contributed by atoms with Crippen molar-refractivity contribution in [1.82, 2.24) is 0 Å². The van der Waals surface area contributed by atoms with E-state index < -0.39 is 0 Å². The molecule has 0 bridgehead atoms. The zero-order chi connectivity index (χ0) is 12.0. The van der Waals surface area contributed by atoms with Crippen LogP contribution >= 0.6 is 15.9 Å². The molecule has 1 aromatic carbocycles. The lowest BCUT2D eigenvalue weighted by molar-refractivity contribution is 0.135. The molecule has 1 N–H and O–H groups in total. The highest BCUT2D eigenvalue weighted by atomic mass is 79.9. The molecule has 3 rings (SSSR count). The highest BCUT2D eigenvalue weighted by molar-refractivity contribution is 9.10. The van der Waals surface area contributed by atoms with E-state index in [2.05, 4.69) is 15.9 Å². The second-order valence-corrected chi connectivity index (χ2v) is 6.30. The van der Waals surface area contributed by atoms with Gasteiger partial charge in [0, 0.05) is 4.47 Å². The molecular weight excluding hydrogens is 283 g/mol. The molecule has 0 heterocycles. The Hall–Kier alpha value is -0.410. The summed E-state index contributed by atoms with van der Waals surface area (Å²) in [6, 6.07) is 4.86. The van der Waals surface area contributed by atoms with Crippen LogP contribution in [0.5, 0.6) is 0 Å².